The molecule has 0 atom stereocenters. The van der Waals surface area contributed by atoms with Crippen LogP contribution in [0.2, 0.25) is 0 Å². The van der Waals surface area contributed by atoms with Crippen LogP contribution in [0.15, 0.2) is 68.4 Å². The van der Waals surface area contributed by atoms with Crippen LogP contribution in [-0.2, 0) is 16.6 Å². The number of carbonyl (C=O) groups excluding carboxylic acids is 1. The molecule has 0 aliphatic carbocycles. The highest BCUT2D eigenvalue weighted by molar-refractivity contribution is 9.10. The van der Waals surface area contributed by atoms with Gasteiger partial charge in [-0.2, -0.15) is 0 Å². The molecule has 0 aliphatic heterocycles. The summed E-state index contributed by atoms with van der Waals surface area (Å²) in [6.45, 7) is 0.193. The molecule has 1 amide bonds. The predicted octanol–water partition coefficient (Wildman–Crippen LogP) is 3.64. The lowest BCUT2D eigenvalue weighted by Gasteiger charge is -2.18. The van der Waals surface area contributed by atoms with Gasteiger partial charge in [-0.1, -0.05) is 28.1 Å². The van der Waals surface area contributed by atoms with Gasteiger partial charge in [0.2, 0.25) is 10.0 Å². The molecule has 152 valence electrons. The van der Waals surface area contributed by atoms with Crippen LogP contribution in [0.25, 0.3) is 11.3 Å². The molecule has 0 bridgehead atoms. The third-order valence-electron chi connectivity index (χ3n) is 4.26. The largest absolute Gasteiger partial charge is 0.496 e. The van der Waals surface area contributed by atoms with E-state index >= 15 is 0 Å². The SMILES string of the molecule is COc1ccc(S(N)(=O)=O)cc1C(=O)N(C)Cc1ccc(-c2ccc(Br)cc2)o1. The molecule has 9 heteroatoms. The quantitative estimate of drug-likeness (QED) is 0.582. The Morgan fingerprint density at radius 1 is 1.14 bits per heavy atom. The van der Waals surface area contributed by atoms with Crippen LogP contribution in [0.3, 0.4) is 0 Å². The number of rotatable bonds is 6. The maximum atomic E-state index is 12.9. The second-order valence-corrected chi connectivity index (χ2v) is 8.82. The normalized spacial score (nSPS) is 11.3. The second-order valence-electron chi connectivity index (χ2n) is 6.34. The number of hydrogen-bond acceptors (Lipinski definition) is 5. The topological polar surface area (TPSA) is 103 Å². The summed E-state index contributed by atoms with van der Waals surface area (Å²) < 4.78 is 35.2. The summed E-state index contributed by atoms with van der Waals surface area (Å²) in [6.07, 6.45) is 0. The molecule has 1 aromatic heterocycles. The van der Waals surface area contributed by atoms with Crippen LogP contribution in [-0.4, -0.2) is 33.4 Å². The molecule has 0 radical (unpaired) electrons. The highest BCUT2D eigenvalue weighted by Crippen LogP contribution is 2.26. The van der Waals surface area contributed by atoms with Crippen molar-refractivity contribution >= 4 is 31.9 Å². The van der Waals surface area contributed by atoms with Gasteiger partial charge < -0.3 is 14.1 Å². The van der Waals surface area contributed by atoms with E-state index in [0.717, 1.165) is 10.0 Å². The first-order valence-corrected chi connectivity index (χ1v) is 10.8. The molecule has 0 unspecified atom stereocenters. The Bertz CT molecular complexity index is 1140. The van der Waals surface area contributed by atoms with Gasteiger partial charge in [0.25, 0.3) is 5.91 Å². The molecule has 0 spiro atoms. The van der Waals surface area contributed by atoms with Crippen molar-refractivity contribution in [3.63, 3.8) is 0 Å². The maximum Gasteiger partial charge on any atom is 0.257 e. The molecule has 0 aliphatic rings. The Balaban J connectivity index is 1.82. The number of carbonyl (C=O) groups is 1. The summed E-state index contributed by atoms with van der Waals surface area (Å²) in [7, 11) is -0.954. The monoisotopic (exact) mass is 478 g/mol. The van der Waals surface area contributed by atoms with E-state index in [1.807, 2.05) is 30.3 Å². The molecule has 3 rings (SSSR count). The molecular formula is C20H19BrN2O5S. The average Bonchev–Trinajstić information content (AvgIpc) is 3.15. The van der Waals surface area contributed by atoms with Gasteiger partial charge in [0.1, 0.15) is 17.3 Å². The lowest BCUT2D eigenvalue weighted by Crippen LogP contribution is -2.27. The van der Waals surface area contributed by atoms with Crippen molar-refractivity contribution in [2.75, 3.05) is 14.2 Å². The smallest absolute Gasteiger partial charge is 0.257 e. The van der Waals surface area contributed by atoms with Gasteiger partial charge in [-0.25, -0.2) is 13.6 Å². The van der Waals surface area contributed by atoms with Crippen molar-refractivity contribution in [1.29, 1.82) is 0 Å². The number of furan rings is 1. The van der Waals surface area contributed by atoms with Crippen LogP contribution >= 0.6 is 15.9 Å². The number of sulfonamides is 1. The number of benzene rings is 2. The predicted molar refractivity (Wildman–Crippen MR) is 112 cm³/mol. The first-order chi connectivity index (χ1) is 13.7. The lowest BCUT2D eigenvalue weighted by molar-refractivity contribution is 0.0772. The van der Waals surface area contributed by atoms with E-state index < -0.39 is 15.9 Å². The summed E-state index contributed by atoms with van der Waals surface area (Å²) in [5.74, 6) is 1.10. The second kappa shape index (κ2) is 8.40. The molecule has 7 nitrogen and oxygen atoms in total. The number of ether oxygens (including phenoxy) is 1. The Morgan fingerprint density at radius 2 is 1.83 bits per heavy atom. The molecule has 29 heavy (non-hydrogen) atoms. The number of hydrogen-bond donors (Lipinski definition) is 1. The van der Waals surface area contributed by atoms with Gasteiger partial charge in [-0.05, 0) is 42.5 Å². The number of amides is 1. The number of primary sulfonamides is 1. The van der Waals surface area contributed by atoms with E-state index in [0.29, 0.717) is 11.5 Å². The zero-order valence-electron chi connectivity index (χ0n) is 15.8. The fraction of sp³-hybridized carbons (Fsp3) is 0.150. The maximum absolute atomic E-state index is 12.9. The summed E-state index contributed by atoms with van der Waals surface area (Å²) in [5, 5.41) is 5.17. The molecule has 0 saturated carbocycles. The molecule has 3 aromatic rings. The van der Waals surface area contributed by atoms with Gasteiger partial charge in [0.15, 0.2) is 0 Å². The van der Waals surface area contributed by atoms with Crippen LogP contribution in [0.1, 0.15) is 16.1 Å². The van der Waals surface area contributed by atoms with Crippen molar-refractivity contribution in [3.8, 4) is 17.1 Å². The Hall–Kier alpha value is -2.62. The van der Waals surface area contributed by atoms with Crippen molar-refractivity contribution in [2.24, 2.45) is 5.14 Å². The van der Waals surface area contributed by atoms with Crippen molar-refractivity contribution < 1.29 is 22.4 Å². The van der Waals surface area contributed by atoms with E-state index in [1.54, 1.807) is 13.1 Å². The van der Waals surface area contributed by atoms with Crippen LogP contribution in [0, 0.1) is 0 Å². The highest BCUT2D eigenvalue weighted by atomic mass is 79.9. The standard InChI is InChI=1S/C20H19BrN2O5S/c1-23(12-15-7-9-18(28-15)13-3-5-14(21)6-4-13)20(24)17-11-16(29(22,25)26)8-10-19(17)27-2/h3-11H,12H2,1-2H3,(H2,22,25,26). The fourth-order valence-electron chi connectivity index (χ4n) is 2.77. The number of nitrogens with zero attached hydrogens (tertiary/aromatic N) is 1. The van der Waals surface area contributed by atoms with E-state index in [-0.39, 0.29) is 22.8 Å². The molecule has 0 saturated heterocycles. The first-order valence-electron chi connectivity index (χ1n) is 8.50. The van der Waals surface area contributed by atoms with Gasteiger partial charge in [-0.15, -0.1) is 0 Å². The molecule has 2 aromatic carbocycles. The third kappa shape index (κ3) is 4.87. The Kier molecular flexibility index (Phi) is 6.11. The molecule has 1 heterocycles. The van der Waals surface area contributed by atoms with Crippen LogP contribution in [0.4, 0.5) is 0 Å². The van der Waals surface area contributed by atoms with E-state index in [9.17, 15) is 13.2 Å². The zero-order valence-corrected chi connectivity index (χ0v) is 18.2. The Morgan fingerprint density at radius 3 is 2.45 bits per heavy atom. The van der Waals surface area contributed by atoms with Gasteiger partial charge in [-0.3, -0.25) is 4.79 Å². The number of halogens is 1. The molecular weight excluding hydrogens is 460 g/mol. The average molecular weight is 479 g/mol. The summed E-state index contributed by atoms with van der Waals surface area (Å²) in [6, 6.07) is 15.2. The van der Waals surface area contributed by atoms with Crippen molar-refractivity contribution in [2.45, 2.75) is 11.4 Å². The minimum Gasteiger partial charge on any atom is -0.496 e. The summed E-state index contributed by atoms with van der Waals surface area (Å²) in [4.78, 5) is 14.1. The van der Waals surface area contributed by atoms with Gasteiger partial charge in [0, 0.05) is 17.1 Å². The minimum absolute atomic E-state index is 0.0983. The van der Waals surface area contributed by atoms with Crippen LogP contribution < -0.4 is 9.88 Å². The zero-order chi connectivity index (χ0) is 21.2. The van der Waals surface area contributed by atoms with Crippen molar-refractivity contribution in [1.82, 2.24) is 4.90 Å². The van der Waals surface area contributed by atoms with E-state index in [1.165, 1.54) is 30.2 Å². The van der Waals surface area contributed by atoms with Crippen molar-refractivity contribution in [3.05, 3.63) is 70.4 Å². The minimum atomic E-state index is -3.95. The lowest BCUT2D eigenvalue weighted by atomic mass is 10.1. The molecule has 0 fully saturated rings. The Labute approximate surface area is 177 Å². The van der Waals surface area contributed by atoms with Gasteiger partial charge in [0.05, 0.1) is 24.1 Å². The van der Waals surface area contributed by atoms with E-state index in [2.05, 4.69) is 15.9 Å². The van der Waals surface area contributed by atoms with Gasteiger partial charge >= 0.3 is 0 Å². The molecule has 2 N–H and O–H groups in total. The number of methoxy groups -OCH3 is 1. The highest BCUT2D eigenvalue weighted by Gasteiger charge is 2.21. The van der Waals surface area contributed by atoms with E-state index in [4.69, 9.17) is 14.3 Å². The first kappa shape index (κ1) is 21.1. The fourth-order valence-corrected chi connectivity index (χ4v) is 3.58. The summed E-state index contributed by atoms with van der Waals surface area (Å²) >= 11 is 3.39. The summed E-state index contributed by atoms with van der Waals surface area (Å²) in [5.41, 5.74) is 1.01. The van der Waals surface area contributed by atoms with Crippen LogP contribution in [0.5, 0.6) is 5.75 Å². The third-order valence-corrected chi connectivity index (χ3v) is 5.70. The number of nitrogens with two attached hydrogens (primary N) is 1.